The quantitative estimate of drug-likeness (QED) is 0.874. The standard InChI is InChI=1S/C20H24N2O4S/c1-14-4-6-17(12-16(14)3)20(23)21-18-7-5-15(2)19(13-18)27(24,25)22-8-10-26-11-9-22/h4-7,12-13H,8-11H2,1-3H3,(H,21,23). The molecule has 2 aromatic carbocycles. The maximum absolute atomic E-state index is 13.0. The number of rotatable bonds is 4. The van der Waals surface area contributed by atoms with Gasteiger partial charge in [-0.3, -0.25) is 4.79 Å². The molecule has 7 heteroatoms. The minimum absolute atomic E-state index is 0.210. The van der Waals surface area contributed by atoms with Crippen LogP contribution in [0.1, 0.15) is 27.0 Å². The van der Waals surface area contributed by atoms with E-state index in [0.717, 1.165) is 11.1 Å². The summed E-state index contributed by atoms with van der Waals surface area (Å²) in [6, 6.07) is 10.4. The van der Waals surface area contributed by atoms with Gasteiger partial charge in [0.1, 0.15) is 0 Å². The number of hydrogen-bond acceptors (Lipinski definition) is 4. The minimum atomic E-state index is -3.63. The zero-order valence-electron chi connectivity index (χ0n) is 15.8. The van der Waals surface area contributed by atoms with Gasteiger partial charge in [-0.25, -0.2) is 8.42 Å². The molecule has 0 aliphatic carbocycles. The third-order valence-electron chi connectivity index (χ3n) is 4.80. The van der Waals surface area contributed by atoms with Crippen molar-refractivity contribution in [3.8, 4) is 0 Å². The first kappa shape index (κ1) is 19.5. The molecule has 0 atom stereocenters. The van der Waals surface area contributed by atoms with E-state index in [9.17, 15) is 13.2 Å². The summed E-state index contributed by atoms with van der Waals surface area (Å²) in [5, 5.41) is 2.80. The van der Waals surface area contributed by atoms with Crippen molar-refractivity contribution in [3.05, 3.63) is 58.7 Å². The molecule has 1 fully saturated rings. The van der Waals surface area contributed by atoms with Crippen LogP contribution in [0.25, 0.3) is 0 Å². The number of amides is 1. The average molecular weight is 388 g/mol. The number of nitrogens with zero attached hydrogens (tertiary/aromatic N) is 1. The molecule has 144 valence electrons. The topological polar surface area (TPSA) is 75.7 Å². The molecule has 1 amide bonds. The summed E-state index contributed by atoms with van der Waals surface area (Å²) in [4.78, 5) is 12.7. The summed E-state index contributed by atoms with van der Waals surface area (Å²) in [5.41, 5.74) is 3.78. The second-order valence-electron chi connectivity index (χ2n) is 6.75. The lowest BCUT2D eigenvalue weighted by atomic mass is 10.1. The van der Waals surface area contributed by atoms with Crippen LogP contribution in [-0.2, 0) is 14.8 Å². The van der Waals surface area contributed by atoms with Crippen LogP contribution >= 0.6 is 0 Å². The first-order valence-corrected chi connectivity index (χ1v) is 10.3. The fourth-order valence-electron chi connectivity index (χ4n) is 2.97. The molecule has 1 saturated heterocycles. The number of morpholine rings is 1. The number of sulfonamides is 1. The predicted molar refractivity (Wildman–Crippen MR) is 105 cm³/mol. The van der Waals surface area contributed by atoms with Gasteiger partial charge in [-0.05, 0) is 61.7 Å². The Balaban J connectivity index is 1.86. The SMILES string of the molecule is Cc1ccc(C(=O)Nc2ccc(C)c(S(=O)(=O)N3CCOCC3)c2)cc1C. The Morgan fingerprint density at radius 3 is 2.30 bits per heavy atom. The first-order chi connectivity index (χ1) is 12.8. The molecular formula is C20H24N2O4S. The van der Waals surface area contributed by atoms with Crippen LogP contribution in [0.15, 0.2) is 41.3 Å². The van der Waals surface area contributed by atoms with Gasteiger partial charge in [0.15, 0.2) is 0 Å². The smallest absolute Gasteiger partial charge is 0.255 e. The molecule has 0 radical (unpaired) electrons. The molecule has 1 heterocycles. The molecular weight excluding hydrogens is 364 g/mol. The van der Waals surface area contributed by atoms with Gasteiger partial charge in [-0.15, -0.1) is 0 Å². The molecule has 3 rings (SSSR count). The van der Waals surface area contributed by atoms with E-state index in [0.29, 0.717) is 43.1 Å². The summed E-state index contributed by atoms with van der Waals surface area (Å²) in [6.07, 6.45) is 0. The zero-order chi connectivity index (χ0) is 19.6. The summed E-state index contributed by atoms with van der Waals surface area (Å²) < 4.78 is 32.6. The Hall–Kier alpha value is -2.22. The third-order valence-corrected chi connectivity index (χ3v) is 6.84. The number of nitrogens with one attached hydrogen (secondary N) is 1. The highest BCUT2D eigenvalue weighted by atomic mass is 32.2. The molecule has 0 bridgehead atoms. The van der Waals surface area contributed by atoms with E-state index < -0.39 is 10.0 Å². The van der Waals surface area contributed by atoms with Crippen molar-refractivity contribution in [3.63, 3.8) is 0 Å². The van der Waals surface area contributed by atoms with E-state index in [1.807, 2.05) is 26.0 Å². The van der Waals surface area contributed by atoms with Crippen LogP contribution in [0.4, 0.5) is 5.69 Å². The van der Waals surface area contributed by atoms with Gasteiger partial charge < -0.3 is 10.1 Å². The fourth-order valence-corrected chi connectivity index (χ4v) is 4.63. The van der Waals surface area contributed by atoms with Gasteiger partial charge in [0.05, 0.1) is 18.1 Å². The lowest BCUT2D eigenvalue weighted by molar-refractivity contribution is 0.0730. The van der Waals surface area contributed by atoms with Gasteiger partial charge >= 0.3 is 0 Å². The molecule has 27 heavy (non-hydrogen) atoms. The maximum Gasteiger partial charge on any atom is 0.255 e. The van der Waals surface area contributed by atoms with Crippen molar-refractivity contribution in [2.45, 2.75) is 25.7 Å². The Morgan fingerprint density at radius 1 is 0.963 bits per heavy atom. The number of carbonyl (C=O) groups excluding carboxylic acids is 1. The van der Waals surface area contributed by atoms with Crippen molar-refractivity contribution in [2.24, 2.45) is 0 Å². The van der Waals surface area contributed by atoms with Crippen LogP contribution in [0, 0.1) is 20.8 Å². The van der Waals surface area contributed by atoms with Crippen LogP contribution in [0.5, 0.6) is 0 Å². The highest BCUT2D eigenvalue weighted by molar-refractivity contribution is 7.89. The lowest BCUT2D eigenvalue weighted by Gasteiger charge is -2.26. The van der Waals surface area contributed by atoms with Gasteiger partial charge in [-0.1, -0.05) is 12.1 Å². The van der Waals surface area contributed by atoms with Crippen molar-refractivity contribution >= 4 is 21.6 Å². The highest BCUT2D eigenvalue weighted by Gasteiger charge is 2.28. The normalized spacial score (nSPS) is 15.5. The Kier molecular flexibility index (Phi) is 5.64. The largest absolute Gasteiger partial charge is 0.379 e. The summed E-state index contributed by atoms with van der Waals surface area (Å²) >= 11 is 0. The van der Waals surface area contributed by atoms with Crippen molar-refractivity contribution in [1.29, 1.82) is 0 Å². The molecule has 0 aromatic heterocycles. The van der Waals surface area contributed by atoms with Gasteiger partial charge in [0.2, 0.25) is 10.0 Å². The highest BCUT2D eigenvalue weighted by Crippen LogP contribution is 2.25. The van der Waals surface area contributed by atoms with Crippen LogP contribution in [0.2, 0.25) is 0 Å². The Bertz CT molecular complexity index is 964. The number of ether oxygens (including phenoxy) is 1. The zero-order valence-corrected chi connectivity index (χ0v) is 16.6. The number of carbonyl (C=O) groups is 1. The number of aryl methyl sites for hydroxylation is 3. The second-order valence-corrected chi connectivity index (χ2v) is 8.66. The summed E-state index contributed by atoms with van der Waals surface area (Å²) in [7, 11) is -3.63. The van der Waals surface area contributed by atoms with Gasteiger partial charge in [-0.2, -0.15) is 4.31 Å². The molecule has 2 aromatic rings. The van der Waals surface area contributed by atoms with E-state index in [1.54, 1.807) is 25.1 Å². The molecule has 0 spiro atoms. The van der Waals surface area contributed by atoms with Crippen molar-refractivity contribution < 1.29 is 17.9 Å². The molecule has 0 saturated carbocycles. The van der Waals surface area contributed by atoms with Crippen molar-refractivity contribution in [2.75, 3.05) is 31.6 Å². The van der Waals surface area contributed by atoms with Crippen LogP contribution in [0.3, 0.4) is 0 Å². The lowest BCUT2D eigenvalue weighted by Crippen LogP contribution is -2.40. The second kappa shape index (κ2) is 7.80. The van der Waals surface area contributed by atoms with E-state index in [4.69, 9.17) is 4.74 Å². The average Bonchev–Trinajstić information content (AvgIpc) is 2.66. The summed E-state index contributed by atoms with van der Waals surface area (Å²) in [6.45, 7) is 7.14. The maximum atomic E-state index is 13.0. The molecule has 1 N–H and O–H groups in total. The van der Waals surface area contributed by atoms with E-state index >= 15 is 0 Å². The molecule has 6 nitrogen and oxygen atoms in total. The Labute approximate surface area is 160 Å². The van der Waals surface area contributed by atoms with E-state index in [-0.39, 0.29) is 10.8 Å². The summed E-state index contributed by atoms with van der Waals surface area (Å²) in [5.74, 6) is -0.267. The van der Waals surface area contributed by atoms with E-state index in [2.05, 4.69) is 5.32 Å². The van der Waals surface area contributed by atoms with Crippen molar-refractivity contribution in [1.82, 2.24) is 4.31 Å². The van der Waals surface area contributed by atoms with E-state index in [1.165, 1.54) is 10.4 Å². The van der Waals surface area contributed by atoms with Gasteiger partial charge in [0.25, 0.3) is 5.91 Å². The first-order valence-electron chi connectivity index (χ1n) is 8.86. The van der Waals surface area contributed by atoms with Crippen LogP contribution < -0.4 is 5.32 Å². The third kappa shape index (κ3) is 4.21. The minimum Gasteiger partial charge on any atom is -0.379 e. The fraction of sp³-hybridized carbons (Fsp3) is 0.350. The monoisotopic (exact) mass is 388 g/mol. The van der Waals surface area contributed by atoms with Gasteiger partial charge in [0, 0.05) is 24.3 Å². The van der Waals surface area contributed by atoms with Crippen LogP contribution in [-0.4, -0.2) is 44.9 Å². The molecule has 1 aliphatic heterocycles. The number of hydrogen-bond donors (Lipinski definition) is 1. The molecule has 0 unspecified atom stereocenters. The predicted octanol–water partition coefficient (Wildman–Crippen LogP) is 2.89. The Morgan fingerprint density at radius 2 is 1.63 bits per heavy atom. The number of benzene rings is 2. The molecule has 1 aliphatic rings. The number of anilines is 1.